The lowest BCUT2D eigenvalue weighted by atomic mass is 9.96. The number of anilines is 1. The van der Waals surface area contributed by atoms with Crippen molar-refractivity contribution < 1.29 is 4.79 Å². The molecule has 0 bridgehead atoms. The fraction of sp³-hybridized carbons (Fsp3) is 0.292. The van der Waals surface area contributed by atoms with Crippen LogP contribution >= 0.6 is 0 Å². The van der Waals surface area contributed by atoms with Gasteiger partial charge in [-0.05, 0) is 18.4 Å². The third-order valence-corrected chi connectivity index (χ3v) is 5.46. The van der Waals surface area contributed by atoms with Crippen molar-refractivity contribution in [3.05, 3.63) is 78.6 Å². The number of rotatable bonds is 5. The van der Waals surface area contributed by atoms with Gasteiger partial charge in [0.25, 0.3) is 0 Å². The highest BCUT2D eigenvalue weighted by Gasteiger charge is 2.28. The zero-order chi connectivity index (χ0) is 20.1. The van der Waals surface area contributed by atoms with Crippen LogP contribution in [-0.2, 0) is 11.3 Å². The highest BCUT2D eigenvalue weighted by molar-refractivity contribution is 5.79. The third-order valence-electron chi connectivity index (χ3n) is 5.46. The minimum atomic E-state index is -0.00685. The van der Waals surface area contributed by atoms with Crippen LogP contribution in [0.1, 0.15) is 18.4 Å². The maximum Gasteiger partial charge on any atom is 0.227 e. The maximum absolute atomic E-state index is 13.0. The maximum atomic E-state index is 13.0. The first kappa shape index (κ1) is 19.1. The van der Waals surface area contributed by atoms with E-state index in [2.05, 4.69) is 27.0 Å². The number of nitrogens with zero attached hydrogens (tertiary/aromatic N) is 4. The van der Waals surface area contributed by atoms with Crippen molar-refractivity contribution in [2.45, 2.75) is 19.4 Å². The van der Waals surface area contributed by atoms with Crippen molar-refractivity contribution in [3.8, 4) is 11.3 Å². The summed E-state index contributed by atoms with van der Waals surface area (Å²) in [6.07, 6.45) is 3.52. The molecule has 0 saturated carbocycles. The molecule has 5 heteroatoms. The molecule has 3 aromatic rings. The number of aromatic nitrogens is 2. The SMILES string of the molecule is CN(Cc1ccccc1)C(=O)C1CCCN(c2cc(-c3ccccc3)ncn2)C1. The minimum absolute atomic E-state index is 0.00685. The number of hydrogen-bond donors (Lipinski definition) is 0. The van der Waals surface area contributed by atoms with Gasteiger partial charge >= 0.3 is 0 Å². The Labute approximate surface area is 172 Å². The highest BCUT2D eigenvalue weighted by Crippen LogP contribution is 2.26. The van der Waals surface area contributed by atoms with Gasteiger partial charge in [0.2, 0.25) is 5.91 Å². The summed E-state index contributed by atoms with van der Waals surface area (Å²) in [5.74, 6) is 1.09. The van der Waals surface area contributed by atoms with Crippen molar-refractivity contribution >= 4 is 11.7 Å². The molecular weight excluding hydrogens is 360 g/mol. The molecule has 0 spiro atoms. The van der Waals surface area contributed by atoms with Crippen LogP contribution in [0, 0.1) is 5.92 Å². The zero-order valence-corrected chi connectivity index (χ0v) is 16.7. The van der Waals surface area contributed by atoms with E-state index in [0.29, 0.717) is 13.1 Å². The normalized spacial score (nSPS) is 16.4. The lowest BCUT2D eigenvalue weighted by molar-refractivity contribution is -0.135. The van der Waals surface area contributed by atoms with Crippen molar-refractivity contribution in [1.82, 2.24) is 14.9 Å². The largest absolute Gasteiger partial charge is 0.356 e. The fourth-order valence-electron chi connectivity index (χ4n) is 3.92. The Kier molecular flexibility index (Phi) is 5.84. The summed E-state index contributed by atoms with van der Waals surface area (Å²) in [4.78, 5) is 26.0. The van der Waals surface area contributed by atoms with Crippen LogP contribution in [-0.4, -0.2) is 40.9 Å². The Bertz CT molecular complexity index is 945. The molecule has 2 heterocycles. The van der Waals surface area contributed by atoms with Crippen LogP contribution in [0.25, 0.3) is 11.3 Å². The smallest absolute Gasteiger partial charge is 0.227 e. The lowest BCUT2D eigenvalue weighted by Gasteiger charge is -2.34. The molecule has 1 amide bonds. The van der Waals surface area contributed by atoms with Gasteiger partial charge in [0.1, 0.15) is 12.1 Å². The summed E-state index contributed by atoms with van der Waals surface area (Å²) >= 11 is 0. The first-order valence-corrected chi connectivity index (χ1v) is 10.1. The molecule has 0 radical (unpaired) electrons. The van der Waals surface area contributed by atoms with Crippen molar-refractivity contribution in [3.63, 3.8) is 0 Å². The molecule has 0 N–H and O–H groups in total. The molecule has 1 aromatic heterocycles. The predicted octanol–water partition coefficient (Wildman–Crippen LogP) is 4.02. The zero-order valence-electron chi connectivity index (χ0n) is 16.7. The summed E-state index contributed by atoms with van der Waals surface area (Å²) in [6.45, 7) is 2.25. The van der Waals surface area contributed by atoms with Gasteiger partial charge in [0.05, 0.1) is 11.6 Å². The summed E-state index contributed by atoms with van der Waals surface area (Å²) in [5.41, 5.74) is 3.13. The molecular formula is C24H26N4O. The van der Waals surface area contributed by atoms with Gasteiger partial charge in [-0.3, -0.25) is 4.79 Å². The van der Waals surface area contributed by atoms with E-state index in [0.717, 1.165) is 42.0 Å². The van der Waals surface area contributed by atoms with Gasteiger partial charge in [0, 0.05) is 38.3 Å². The number of piperidine rings is 1. The number of carbonyl (C=O) groups excluding carboxylic acids is 1. The van der Waals surface area contributed by atoms with Crippen LogP contribution in [0.5, 0.6) is 0 Å². The van der Waals surface area contributed by atoms with E-state index in [1.807, 2.05) is 66.5 Å². The van der Waals surface area contributed by atoms with E-state index in [1.165, 1.54) is 0 Å². The Balaban J connectivity index is 1.45. The number of amides is 1. The van der Waals surface area contributed by atoms with Gasteiger partial charge in [0.15, 0.2) is 0 Å². The van der Waals surface area contributed by atoms with Gasteiger partial charge in [-0.25, -0.2) is 9.97 Å². The lowest BCUT2D eigenvalue weighted by Crippen LogP contribution is -2.43. The third kappa shape index (κ3) is 4.62. The minimum Gasteiger partial charge on any atom is -0.356 e. The van der Waals surface area contributed by atoms with E-state index in [1.54, 1.807) is 6.33 Å². The molecule has 1 fully saturated rings. The van der Waals surface area contributed by atoms with Crippen LogP contribution in [0.3, 0.4) is 0 Å². The van der Waals surface area contributed by atoms with Gasteiger partial charge in [-0.1, -0.05) is 60.7 Å². The molecule has 5 nitrogen and oxygen atoms in total. The van der Waals surface area contributed by atoms with Crippen LogP contribution in [0.4, 0.5) is 5.82 Å². The van der Waals surface area contributed by atoms with Gasteiger partial charge in [-0.2, -0.15) is 0 Å². The van der Waals surface area contributed by atoms with E-state index in [9.17, 15) is 4.79 Å². The molecule has 148 valence electrons. The van der Waals surface area contributed by atoms with E-state index >= 15 is 0 Å². The Morgan fingerprint density at radius 3 is 2.55 bits per heavy atom. The molecule has 2 aromatic carbocycles. The predicted molar refractivity (Wildman–Crippen MR) is 115 cm³/mol. The molecule has 1 unspecified atom stereocenters. The average molecular weight is 386 g/mol. The molecule has 1 aliphatic rings. The first-order valence-electron chi connectivity index (χ1n) is 10.1. The monoisotopic (exact) mass is 386 g/mol. The van der Waals surface area contributed by atoms with Crippen molar-refractivity contribution in [1.29, 1.82) is 0 Å². The second-order valence-electron chi connectivity index (χ2n) is 7.59. The Morgan fingerprint density at radius 1 is 1.07 bits per heavy atom. The van der Waals surface area contributed by atoms with Crippen LogP contribution < -0.4 is 4.90 Å². The molecule has 1 aliphatic heterocycles. The topological polar surface area (TPSA) is 49.3 Å². The molecule has 1 saturated heterocycles. The van der Waals surface area contributed by atoms with Crippen LogP contribution in [0.2, 0.25) is 0 Å². The van der Waals surface area contributed by atoms with E-state index in [4.69, 9.17) is 0 Å². The Hall–Kier alpha value is -3.21. The second-order valence-corrected chi connectivity index (χ2v) is 7.59. The summed E-state index contributed by atoms with van der Waals surface area (Å²) in [5, 5.41) is 0. The van der Waals surface area contributed by atoms with Crippen LogP contribution in [0.15, 0.2) is 73.1 Å². The fourth-order valence-corrected chi connectivity index (χ4v) is 3.92. The van der Waals surface area contributed by atoms with E-state index < -0.39 is 0 Å². The standard InChI is InChI=1S/C24H26N4O/c1-27(16-19-9-4-2-5-10-19)24(29)21-13-8-14-28(17-21)23-15-22(25-18-26-23)20-11-6-3-7-12-20/h2-7,9-12,15,18,21H,8,13-14,16-17H2,1H3. The van der Waals surface area contributed by atoms with E-state index in [-0.39, 0.29) is 11.8 Å². The van der Waals surface area contributed by atoms with Gasteiger partial charge < -0.3 is 9.80 Å². The summed E-state index contributed by atoms with van der Waals surface area (Å²) in [7, 11) is 1.90. The summed E-state index contributed by atoms with van der Waals surface area (Å²) < 4.78 is 0. The molecule has 4 rings (SSSR count). The van der Waals surface area contributed by atoms with Crippen molar-refractivity contribution in [2.24, 2.45) is 5.92 Å². The molecule has 1 atom stereocenters. The Morgan fingerprint density at radius 2 is 1.79 bits per heavy atom. The van der Waals surface area contributed by atoms with Crippen molar-refractivity contribution in [2.75, 3.05) is 25.0 Å². The first-order chi connectivity index (χ1) is 14.2. The summed E-state index contributed by atoms with van der Waals surface area (Å²) in [6, 6.07) is 22.3. The molecule has 29 heavy (non-hydrogen) atoms. The van der Waals surface area contributed by atoms with Gasteiger partial charge in [-0.15, -0.1) is 0 Å². The quantitative estimate of drug-likeness (QED) is 0.665. The number of carbonyl (C=O) groups is 1. The molecule has 0 aliphatic carbocycles. The second kappa shape index (κ2) is 8.86. The average Bonchev–Trinajstić information content (AvgIpc) is 2.80. The highest BCUT2D eigenvalue weighted by atomic mass is 16.2. The number of hydrogen-bond acceptors (Lipinski definition) is 4. The number of benzene rings is 2.